The zero-order valence-electron chi connectivity index (χ0n) is 16.7. The van der Waals surface area contributed by atoms with Crippen LogP contribution in [0.4, 0.5) is 0 Å². The maximum Gasteiger partial charge on any atom is 0.306 e. The van der Waals surface area contributed by atoms with Gasteiger partial charge in [0.25, 0.3) is 0 Å². The van der Waals surface area contributed by atoms with Gasteiger partial charge >= 0.3 is 11.9 Å². The predicted molar refractivity (Wildman–Crippen MR) is 106 cm³/mol. The number of carbonyl (C=O) groups excluding carboxylic acids is 2. The highest BCUT2D eigenvalue weighted by Gasteiger charge is 2.06. The molecule has 0 N–H and O–H groups in total. The third-order valence-electron chi connectivity index (χ3n) is 3.92. The number of carbonyl (C=O) groups is 2. The van der Waals surface area contributed by atoms with Crippen LogP contribution in [-0.2, 0) is 19.1 Å². The summed E-state index contributed by atoms with van der Waals surface area (Å²) in [5, 5.41) is 0. The van der Waals surface area contributed by atoms with E-state index in [4.69, 9.17) is 9.47 Å². The third-order valence-corrected chi connectivity index (χ3v) is 3.92. The van der Waals surface area contributed by atoms with Gasteiger partial charge in [0.2, 0.25) is 0 Å². The van der Waals surface area contributed by atoms with Crippen molar-refractivity contribution in [3.8, 4) is 11.8 Å². The molecule has 0 rings (SSSR count). The first kappa shape index (κ1) is 24.2. The summed E-state index contributed by atoms with van der Waals surface area (Å²) in [6.45, 7) is 4.53. The zero-order chi connectivity index (χ0) is 19.3. The van der Waals surface area contributed by atoms with Crippen LogP contribution in [0.1, 0.15) is 90.9 Å². The highest BCUT2D eigenvalue weighted by molar-refractivity contribution is 5.72. The molecule has 0 fully saturated rings. The van der Waals surface area contributed by atoms with E-state index >= 15 is 0 Å². The molecule has 0 aliphatic rings. The Kier molecular flexibility index (Phi) is 18.2. The summed E-state index contributed by atoms with van der Waals surface area (Å²) in [6.07, 6.45) is 15.7. The molecular formula is C22H36O4. The molecule has 4 nitrogen and oxygen atoms in total. The van der Waals surface area contributed by atoms with E-state index in [0.717, 1.165) is 12.8 Å². The summed E-state index contributed by atoms with van der Waals surface area (Å²) in [5.74, 6) is 5.32. The van der Waals surface area contributed by atoms with Gasteiger partial charge in [-0.1, -0.05) is 75.9 Å². The molecule has 26 heavy (non-hydrogen) atoms. The van der Waals surface area contributed by atoms with Gasteiger partial charge in [0, 0.05) is 19.3 Å². The summed E-state index contributed by atoms with van der Waals surface area (Å²) < 4.78 is 9.97. The van der Waals surface area contributed by atoms with Gasteiger partial charge in [0.15, 0.2) is 6.61 Å². The molecule has 0 amide bonds. The molecule has 148 valence electrons. The van der Waals surface area contributed by atoms with E-state index in [0.29, 0.717) is 6.42 Å². The molecule has 0 bridgehead atoms. The second-order valence-electron chi connectivity index (χ2n) is 6.34. The largest absolute Gasteiger partial charge is 0.461 e. The standard InChI is InChI=1S/C22H36O4/c1-3-5-7-8-9-10-11-12-13-14-15-20-26-22(24)18-16-17-21(23)25-19-6-4-2/h4,6H,3,5,7-13,16-20H2,1-2H3/b6-4+. The Morgan fingerprint density at radius 2 is 1.42 bits per heavy atom. The normalized spacial score (nSPS) is 10.4. The summed E-state index contributed by atoms with van der Waals surface area (Å²) >= 11 is 0. The van der Waals surface area contributed by atoms with E-state index in [1.54, 1.807) is 6.08 Å². The van der Waals surface area contributed by atoms with Crippen molar-refractivity contribution in [3.05, 3.63) is 12.2 Å². The van der Waals surface area contributed by atoms with Gasteiger partial charge in [0.1, 0.15) is 6.61 Å². The molecule has 0 spiro atoms. The average molecular weight is 365 g/mol. The van der Waals surface area contributed by atoms with E-state index in [1.165, 1.54) is 44.9 Å². The number of esters is 2. The Labute approximate surface area is 159 Å². The minimum absolute atomic E-state index is 0.140. The Morgan fingerprint density at radius 1 is 0.808 bits per heavy atom. The molecule has 0 saturated heterocycles. The van der Waals surface area contributed by atoms with E-state index in [1.807, 2.05) is 13.0 Å². The van der Waals surface area contributed by atoms with Crippen molar-refractivity contribution in [1.82, 2.24) is 0 Å². The SMILES string of the molecule is C/C=C/COC(=O)CCCC(=O)OCC#CCCCCCCCCCC. The van der Waals surface area contributed by atoms with Crippen LogP contribution in [0.3, 0.4) is 0 Å². The number of rotatable bonds is 15. The molecule has 0 unspecified atom stereocenters. The van der Waals surface area contributed by atoms with Crippen LogP contribution < -0.4 is 0 Å². The summed E-state index contributed by atoms with van der Waals surface area (Å²) in [5.41, 5.74) is 0. The van der Waals surface area contributed by atoms with Crippen LogP contribution in [0.5, 0.6) is 0 Å². The van der Waals surface area contributed by atoms with Crippen molar-refractivity contribution in [1.29, 1.82) is 0 Å². The van der Waals surface area contributed by atoms with Crippen molar-refractivity contribution in [2.75, 3.05) is 13.2 Å². The number of ether oxygens (including phenoxy) is 2. The van der Waals surface area contributed by atoms with Crippen LogP contribution in [0.15, 0.2) is 12.2 Å². The molecule has 0 saturated carbocycles. The minimum Gasteiger partial charge on any atom is -0.461 e. The molecule has 0 heterocycles. The molecule has 0 aromatic heterocycles. The minimum atomic E-state index is -0.312. The fourth-order valence-corrected chi connectivity index (χ4v) is 2.36. The van der Waals surface area contributed by atoms with Gasteiger partial charge in [0.05, 0.1) is 0 Å². The lowest BCUT2D eigenvalue weighted by atomic mass is 10.1. The third kappa shape index (κ3) is 18.6. The molecule has 4 heteroatoms. The van der Waals surface area contributed by atoms with Gasteiger partial charge in [-0.05, 0) is 19.8 Å². The van der Waals surface area contributed by atoms with Gasteiger partial charge in [-0.3, -0.25) is 9.59 Å². The summed E-state index contributed by atoms with van der Waals surface area (Å²) in [6, 6.07) is 0. The monoisotopic (exact) mass is 364 g/mol. The maximum absolute atomic E-state index is 11.5. The van der Waals surface area contributed by atoms with Crippen LogP contribution in [0, 0.1) is 11.8 Å². The number of hydrogen-bond acceptors (Lipinski definition) is 4. The molecule has 0 aliphatic heterocycles. The highest BCUT2D eigenvalue weighted by atomic mass is 16.5. The van der Waals surface area contributed by atoms with Crippen LogP contribution in [0.2, 0.25) is 0 Å². The Balaban J connectivity index is 3.43. The molecule has 0 radical (unpaired) electrons. The van der Waals surface area contributed by atoms with E-state index in [2.05, 4.69) is 18.8 Å². The van der Waals surface area contributed by atoms with Gasteiger partial charge in [-0.15, -0.1) is 0 Å². The topological polar surface area (TPSA) is 52.6 Å². The van der Waals surface area contributed by atoms with Gasteiger partial charge in [-0.25, -0.2) is 0 Å². The van der Waals surface area contributed by atoms with Crippen LogP contribution in [-0.4, -0.2) is 25.2 Å². The molecule has 0 atom stereocenters. The van der Waals surface area contributed by atoms with Gasteiger partial charge < -0.3 is 9.47 Å². The average Bonchev–Trinajstić information content (AvgIpc) is 2.63. The summed E-state index contributed by atoms with van der Waals surface area (Å²) in [4.78, 5) is 22.9. The number of allylic oxidation sites excluding steroid dienone is 1. The van der Waals surface area contributed by atoms with Crippen molar-refractivity contribution < 1.29 is 19.1 Å². The van der Waals surface area contributed by atoms with Crippen LogP contribution in [0.25, 0.3) is 0 Å². The lowest BCUT2D eigenvalue weighted by molar-refractivity contribution is -0.144. The molecule has 0 aromatic rings. The second kappa shape index (κ2) is 19.6. The predicted octanol–water partition coefficient (Wildman–Crippen LogP) is 5.35. The first-order valence-corrected chi connectivity index (χ1v) is 10.1. The quantitative estimate of drug-likeness (QED) is 0.170. The number of unbranched alkanes of at least 4 members (excludes halogenated alkanes) is 8. The molecule has 0 aromatic carbocycles. The van der Waals surface area contributed by atoms with Crippen molar-refractivity contribution in [2.45, 2.75) is 90.9 Å². The fourth-order valence-electron chi connectivity index (χ4n) is 2.36. The Morgan fingerprint density at radius 3 is 2.08 bits per heavy atom. The van der Waals surface area contributed by atoms with E-state index in [9.17, 15) is 9.59 Å². The van der Waals surface area contributed by atoms with E-state index < -0.39 is 0 Å². The molecular weight excluding hydrogens is 328 g/mol. The van der Waals surface area contributed by atoms with Crippen molar-refractivity contribution in [2.24, 2.45) is 0 Å². The smallest absolute Gasteiger partial charge is 0.306 e. The van der Waals surface area contributed by atoms with Gasteiger partial charge in [-0.2, -0.15) is 0 Å². The number of hydrogen-bond donors (Lipinski definition) is 0. The Hall–Kier alpha value is -1.76. The maximum atomic E-state index is 11.5. The summed E-state index contributed by atoms with van der Waals surface area (Å²) in [7, 11) is 0. The first-order chi connectivity index (χ1) is 12.7. The second-order valence-corrected chi connectivity index (χ2v) is 6.34. The van der Waals surface area contributed by atoms with Crippen molar-refractivity contribution >= 4 is 11.9 Å². The fraction of sp³-hybridized carbons (Fsp3) is 0.727. The first-order valence-electron chi connectivity index (χ1n) is 10.1. The van der Waals surface area contributed by atoms with Crippen LogP contribution >= 0.6 is 0 Å². The highest BCUT2D eigenvalue weighted by Crippen LogP contribution is 2.09. The lowest BCUT2D eigenvalue weighted by Gasteiger charge is -2.02. The van der Waals surface area contributed by atoms with E-state index in [-0.39, 0.29) is 38.0 Å². The van der Waals surface area contributed by atoms with Crippen molar-refractivity contribution in [3.63, 3.8) is 0 Å². The zero-order valence-corrected chi connectivity index (χ0v) is 16.7. The molecule has 0 aliphatic carbocycles. The Bertz CT molecular complexity index is 443. The lowest BCUT2D eigenvalue weighted by Crippen LogP contribution is -2.08.